The van der Waals surface area contributed by atoms with Crippen molar-refractivity contribution in [2.75, 3.05) is 9.93 Å². The van der Waals surface area contributed by atoms with Gasteiger partial charge in [0.2, 0.25) is 10.0 Å². The zero-order valence-corrected chi connectivity index (χ0v) is 19.8. The fourth-order valence-electron chi connectivity index (χ4n) is 1.61. The SMILES string of the molecule is O=S(=O)(CCl)Nc1c(Oc2ccc(Cl)cc2Cl)cc(Cl)c(Cl)c1Cl.[Na]. The number of rotatable bonds is 5. The zero-order chi connectivity index (χ0) is 18.1. The first-order valence-corrected chi connectivity index (χ1v) is 10.1. The van der Waals surface area contributed by atoms with Crippen LogP contribution < -0.4 is 9.46 Å². The molecule has 0 aromatic heterocycles. The molecule has 0 amide bonds. The molecule has 12 heteroatoms. The summed E-state index contributed by atoms with van der Waals surface area (Å²) in [7, 11) is -3.86. The molecule has 1 N–H and O–H groups in total. The summed E-state index contributed by atoms with van der Waals surface area (Å²) in [5, 5.41) is -0.197. The number of anilines is 1. The molecule has 131 valence electrons. The number of ether oxygens (including phenoxy) is 1. The smallest absolute Gasteiger partial charge is 0.246 e. The first kappa shape index (κ1) is 23.8. The molecule has 1 radical (unpaired) electrons. The van der Waals surface area contributed by atoms with Crippen LogP contribution in [-0.2, 0) is 10.0 Å². The van der Waals surface area contributed by atoms with Crippen LogP contribution in [0.3, 0.4) is 0 Å². The van der Waals surface area contributed by atoms with E-state index >= 15 is 0 Å². The minimum absolute atomic E-state index is 0. The molecule has 0 atom stereocenters. The van der Waals surface area contributed by atoms with Gasteiger partial charge in [-0.05, 0) is 18.2 Å². The summed E-state index contributed by atoms with van der Waals surface area (Å²) in [6, 6.07) is 5.80. The Bertz CT molecular complexity index is 894. The second kappa shape index (κ2) is 9.78. The molecule has 0 saturated carbocycles. The van der Waals surface area contributed by atoms with Gasteiger partial charge < -0.3 is 4.74 Å². The first-order valence-electron chi connectivity index (χ1n) is 6.01. The maximum atomic E-state index is 11.8. The van der Waals surface area contributed by atoms with Gasteiger partial charge in [-0.25, -0.2) is 8.42 Å². The van der Waals surface area contributed by atoms with Gasteiger partial charge in [0.1, 0.15) is 16.6 Å². The third kappa shape index (κ3) is 6.11. The Morgan fingerprint density at radius 3 is 2.12 bits per heavy atom. The fraction of sp³-hybridized carbons (Fsp3) is 0.0769. The van der Waals surface area contributed by atoms with Crippen LogP contribution >= 0.6 is 69.6 Å². The molecule has 25 heavy (non-hydrogen) atoms. The van der Waals surface area contributed by atoms with E-state index in [0.717, 1.165) is 0 Å². The summed E-state index contributed by atoms with van der Waals surface area (Å²) in [5.41, 5.74) is -0.113. The maximum absolute atomic E-state index is 11.8. The number of halogens is 6. The molecule has 0 saturated heterocycles. The van der Waals surface area contributed by atoms with E-state index in [1.807, 2.05) is 0 Å². The Balaban J connectivity index is 0.00000312. The van der Waals surface area contributed by atoms with Crippen LogP contribution in [0.25, 0.3) is 0 Å². The minimum atomic E-state index is -3.86. The molecule has 2 aromatic carbocycles. The van der Waals surface area contributed by atoms with Gasteiger partial charge in [0.05, 0.1) is 20.1 Å². The van der Waals surface area contributed by atoms with Gasteiger partial charge >= 0.3 is 0 Å². The van der Waals surface area contributed by atoms with Crippen molar-refractivity contribution in [3.8, 4) is 11.5 Å². The largest absolute Gasteiger partial charge is 0.453 e. The normalized spacial score (nSPS) is 11.0. The minimum Gasteiger partial charge on any atom is -0.453 e. The van der Waals surface area contributed by atoms with Gasteiger partial charge in [-0.15, -0.1) is 11.6 Å². The number of alkyl halides is 1. The zero-order valence-electron chi connectivity index (χ0n) is 12.4. The average Bonchev–Trinajstić information content (AvgIpc) is 2.51. The van der Waals surface area contributed by atoms with Crippen molar-refractivity contribution in [1.82, 2.24) is 0 Å². The number of hydrogen-bond donors (Lipinski definition) is 1. The van der Waals surface area contributed by atoms with Crippen molar-refractivity contribution >= 4 is 115 Å². The maximum Gasteiger partial charge on any atom is 0.246 e. The number of sulfonamides is 1. The summed E-state index contributed by atoms with van der Waals surface area (Å²) in [4.78, 5) is 0. The van der Waals surface area contributed by atoms with Crippen molar-refractivity contribution < 1.29 is 13.2 Å². The van der Waals surface area contributed by atoms with E-state index in [2.05, 4.69) is 4.72 Å². The number of hydrogen-bond acceptors (Lipinski definition) is 3. The summed E-state index contributed by atoms with van der Waals surface area (Å²) >= 11 is 35.3. The third-order valence-corrected chi connectivity index (χ3v) is 6.10. The second-order valence-electron chi connectivity index (χ2n) is 4.36. The molecule has 0 aliphatic carbocycles. The summed E-state index contributed by atoms with van der Waals surface area (Å²) in [5.74, 6) is 0.203. The van der Waals surface area contributed by atoms with E-state index in [-0.39, 0.29) is 66.8 Å². The molecule has 4 nitrogen and oxygen atoms in total. The Labute approximate surface area is 197 Å². The summed E-state index contributed by atoms with van der Waals surface area (Å²) in [6.45, 7) is 0. The van der Waals surface area contributed by atoms with Crippen LogP contribution in [0.2, 0.25) is 25.1 Å². The molecule has 2 rings (SSSR count). The monoisotopic (exact) mass is 490 g/mol. The first-order chi connectivity index (χ1) is 11.1. The molecular weight excluding hydrogens is 486 g/mol. The van der Waals surface area contributed by atoms with Gasteiger partial charge in [-0.2, -0.15) is 0 Å². The average molecular weight is 493 g/mol. The molecule has 0 unspecified atom stereocenters. The number of nitrogens with one attached hydrogen (secondary N) is 1. The topological polar surface area (TPSA) is 55.4 Å². The van der Waals surface area contributed by atoms with E-state index < -0.39 is 15.2 Å². The van der Waals surface area contributed by atoms with E-state index in [0.29, 0.717) is 5.02 Å². The van der Waals surface area contributed by atoms with Gasteiger partial charge in [0, 0.05) is 40.6 Å². The van der Waals surface area contributed by atoms with E-state index in [4.69, 9.17) is 74.3 Å². The van der Waals surface area contributed by atoms with Gasteiger partial charge in [-0.3, -0.25) is 4.72 Å². The molecule has 0 aliphatic rings. The quantitative estimate of drug-likeness (QED) is 0.302. The van der Waals surface area contributed by atoms with Gasteiger partial charge in [0.15, 0.2) is 5.75 Å². The van der Waals surface area contributed by atoms with E-state index in [1.54, 1.807) is 6.07 Å². The molecule has 0 heterocycles. The second-order valence-corrected chi connectivity index (χ2v) is 8.68. The van der Waals surface area contributed by atoms with Crippen LogP contribution in [0, 0.1) is 0 Å². The van der Waals surface area contributed by atoms with Crippen LogP contribution in [0.4, 0.5) is 5.69 Å². The van der Waals surface area contributed by atoms with Crippen molar-refractivity contribution in [2.24, 2.45) is 0 Å². The summed E-state index contributed by atoms with van der Waals surface area (Å²) in [6.07, 6.45) is 0. The van der Waals surface area contributed by atoms with Crippen molar-refractivity contribution in [1.29, 1.82) is 0 Å². The molecule has 0 bridgehead atoms. The Morgan fingerprint density at radius 1 is 0.920 bits per heavy atom. The van der Waals surface area contributed by atoms with Crippen LogP contribution in [0.5, 0.6) is 11.5 Å². The Hall–Kier alpha value is 0.730. The van der Waals surface area contributed by atoms with Crippen molar-refractivity contribution in [3.63, 3.8) is 0 Å². The van der Waals surface area contributed by atoms with Crippen LogP contribution in [0.1, 0.15) is 0 Å². The predicted molar refractivity (Wildman–Crippen MR) is 107 cm³/mol. The predicted octanol–water partition coefficient (Wildman–Crippen LogP) is 6.30. The molecular formula is C13H7Cl6NNaO3S. The molecule has 0 fully saturated rings. The van der Waals surface area contributed by atoms with Crippen molar-refractivity contribution in [3.05, 3.63) is 49.4 Å². The van der Waals surface area contributed by atoms with E-state index in [1.165, 1.54) is 18.2 Å². The van der Waals surface area contributed by atoms with Crippen LogP contribution in [0.15, 0.2) is 24.3 Å². The standard InChI is InChI=1S/C13H7Cl6NO3S.Na/c14-5-24(21,22)20-13-10(4-8(17)11(18)12(13)19)23-9-2-1-6(15)3-7(9)16;/h1-4,20H,5H2;. The Morgan fingerprint density at radius 2 is 1.56 bits per heavy atom. The van der Waals surface area contributed by atoms with E-state index in [9.17, 15) is 8.42 Å². The third-order valence-electron chi connectivity index (χ3n) is 2.64. The molecule has 2 aromatic rings. The Kier molecular flexibility index (Phi) is 9.30. The van der Waals surface area contributed by atoms with Gasteiger partial charge in [0.25, 0.3) is 0 Å². The molecule has 0 aliphatic heterocycles. The fourth-order valence-corrected chi connectivity index (χ4v) is 3.48. The van der Waals surface area contributed by atoms with Gasteiger partial charge in [-0.1, -0.05) is 58.0 Å². The van der Waals surface area contributed by atoms with Crippen molar-refractivity contribution in [2.45, 2.75) is 0 Å². The van der Waals surface area contributed by atoms with Crippen LogP contribution in [-0.4, -0.2) is 43.2 Å². The molecule has 0 spiro atoms. The summed E-state index contributed by atoms with van der Waals surface area (Å²) < 4.78 is 31.3. The number of benzene rings is 2.